The highest BCUT2D eigenvalue weighted by atomic mass is 16.2. The predicted octanol–water partition coefficient (Wildman–Crippen LogP) is 8.14. The summed E-state index contributed by atoms with van der Waals surface area (Å²) in [5, 5.41) is 3.05. The van der Waals surface area contributed by atoms with Crippen LogP contribution in [0.15, 0.2) is 18.2 Å². The second kappa shape index (κ2) is 15.2. The predicted molar refractivity (Wildman–Crippen MR) is 129 cm³/mol. The quantitative estimate of drug-likeness (QED) is 0.219. The number of hydrogen-bond acceptors (Lipinski definition) is 2. The van der Waals surface area contributed by atoms with Gasteiger partial charge in [0, 0.05) is 12.1 Å². The largest absolute Gasteiger partial charge is 0.325 e. The molecular formula is C27H45NO2. The van der Waals surface area contributed by atoms with Crippen molar-refractivity contribution in [2.75, 3.05) is 5.32 Å². The topological polar surface area (TPSA) is 46.2 Å². The van der Waals surface area contributed by atoms with E-state index in [4.69, 9.17) is 0 Å². The number of carbonyl (C=O) groups excluding carboxylic acids is 2. The zero-order valence-corrected chi connectivity index (χ0v) is 20.2. The first-order chi connectivity index (χ1) is 14.4. The minimum Gasteiger partial charge on any atom is -0.325 e. The Bertz CT molecular complexity index is 608. The molecular weight excluding hydrogens is 370 g/mol. The molecule has 1 rings (SSSR count). The fraction of sp³-hybridized carbons (Fsp3) is 0.704. The number of hydrogen-bond donors (Lipinski definition) is 1. The lowest BCUT2D eigenvalue weighted by Crippen LogP contribution is -2.19. The highest BCUT2D eigenvalue weighted by Gasteiger charge is 2.17. The van der Waals surface area contributed by atoms with Crippen LogP contribution in [-0.4, -0.2) is 11.7 Å². The fourth-order valence-corrected chi connectivity index (χ4v) is 3.96. The third kappa shape index (κ3) is 10.4. The van der Waals surface area contributed by atoms with Gasteiger partial charge in [-0.05, 0) is 29.4 Å². The number of anilines is 1. The Morgan fingerprint density at radius 3 is 1.70 bits per heavy atom. The number of nitrogens with one attached hydrogen (secondary N) is 1. The summed E-state index contributed by atoms with van der Waals surface area (Å²) in [6.07, 6.45) is 13.0. The summed E-state index contributed by atoms with van der Waals surface area (Å²) in [6, 6.07) is 6.19. The third-order valence-corrected chi connectivity index (χ3v) is 5.80. The molecule has 3 nitrogen and oxygen atoms in total. The van der Waals surface area contributed by atoms with Crippen LogP contribution in [0, 0.1) is 0 Å². The number of Topliss-reactive ketones (excluding diaryl/α,β-unsaturated/α-hetero) is 1. The average Bonchev–Trinajstić information content (AvgIpc) is 2.69. The summed E-state index contributed by atoms with van der Waals surface area (Å²) in [5.41, 5.74) is 3.17. The van der Waals surface area contributed by atoms with Crippen LogP contribution in [0.5, 0.6) is 0 Å². The van der Waals surface area contributed by atoms with E-state index in [2.05, 4.69) is 58.1 Å². The number of ketones is 1. The van der Waals surface area contributed by atoms with Crippen LogP contribution in [0.25, 0.3) is 0 Å². The van der Waals surface area contributed by atoms with Crippen molar-refractivity contribution in [3.63, 3.8) is 0 Å². The van der Waals surface area contributed by atoms with Crippen LogP contribution >= 0.6 is 0 Å². The van der Waals surface area contributed by atoms with Crippen LogP contribution in [0.1, 0.15) is 135 Å². The summed E-state index contributed by atoms with van der Waals surface area (Å²) in [4.78, 5) is 24.8. The second-order valence-corrected chi connectivity index (χ2v) is 9.32. The number of rotatable bonds is 16. The van der Waals surface area contributed by atoms with E-state index >= 15 is 0 Å². The Morgan fingerprint density at radius 2 is 1.23 bits per heavy atom. The molecule has 0 radical (unpaired) electrons. The highest BCUT2D eigenvalue weighted by Crippen LogP contribution is 2.32. The first kappa shape index (κ1) is 26.4. The van der Waals surface area contributed by atoms with Crippen molar-refractivity contribution < 1.29 is 9.59 Å². The lowest BCUT2D eigenvalue weighted by Gasteiger charge is -2.20. The zero-order valence-electron chi connectivity index (χ0n) is 20.2. The molecule has 0 spiro atoms. The summed E-state index contributed by atoms with van der Waals surface area (Å²) < 4.78 is 0. The van der Waals surface area contributed by atoms with Crippen LogP contribution in [-0.2, 0) is 9.59 Å². The molecule has 0 bridgehead atoms. The molecule has 0 unspecified atom stereocenters. The molecule has 3 heteroatoms. The number of amides is 1. The minimum absolute atomic E-state index is 0.0125. The number of unbranched alkanes of at least 4 members (excludes halogenated alkanes) is 9. The molecule has 0 aliphatic heterocycles. The van der Waals surface area contributed by atoms with Gasteiger partial charge in [0.15, 0.2) is 0 Å². The maximum absolute atomic E-state index is 12.5. The van der Waals surface area contributed by atoms with Gasteiger partial charge in [-0.1, -0.05) is 111 Å². The van der Waals surface area contributed by atoms with Gasteiger partial charge in [0.05, 0.1) is 6.42 Å². The van der Waals surface area contributed by atoms with Crippen LogP contribution in [0.4, 0.5) is 5.69 Å². The van der Waals surface area contributed by atoms with Gasteiger partial charge in [-0.3, -0.25) is 9.59 Å². The molecule has 0 fully saturated rings. The number of benzene rings is 1. The van der Waals surface area contributed by atoms with Gasteiger partial charge in [-0.25, -0.2) is 0 Å². The Hall–Kier alpha value is -1.64. The SMILES string of the molecule is CCCCCCCCCCCCC(=O)CC(=O)Nc1c(C(C)C)cccc1C(C)C. The molecule has 170 valence electrons. The molecule has 0 aromatic heterocycles. The van der Waals surface area contributed by atoms with E-state index in [1.807, 2.05) is 0 Å². The van der Waals surface area contributed by atoms with E-state index in [1.54, 1.807) is 0 Å². The molecule has 30 heavy (non-hydrogen) atoms. The van der Waals surface area contributed by atoms with Crippen LogP contribution in [0.3, 0.4) is 0 Å². The van der Waals surface area contributed by atoms with Gasteiger partial charge >= 0.3 is 0 Å². The summed E-state index contributed by atoms with van der Waals surface area (Å²) in [5.74, 6) is 0.518. The van der Waals surface area contributed by atoms with Gasteiger partial charge in [0.2, 0.25) is 5.91 Å². The molecule has 0 saturated heterocycles. The minimum atomic E-state index is -0.179. The van der Waals surface area contributed by atoms with Crippen molar-refractivity contribution in [2.45, 2.75) is 124 Å². The van der Waals surface area contributed by atoms with Gasteiger partial charge < -0.3 is 5.32 Å². The molecule has 1 aromatic carbocycles. The van der Waals surface area contributed by atoms with E-state index in [0.29, 0.717) is 18.3 Å². The third-order valence-electron chi connectivity index (χ3n) is 5.80. The van der Waals surface area contributed by atoms with Crippen molar-refractivity contribution in [3.8, 4) is 0 Å². The van der Waals surface area contributed by atoms with Gasteiger partial charge in [0.25, 0.3) is 0 Å². The molecule has 0 atom stereocenters. The van der Waals surface area contributed by atoms with Crippen molar-refractivity contribution >= 4 is 17.4 Å². The van der Waals surface area contributed by atoms with Crippen molar-refractivity contribution in [2.24, 2.45) is 0 Å². The lowest BCUT2D eigenvalue weighted by molar-refractivity contribution is -0.125. The van der Waals surface area contributed by atoms with Gasteiger partial charge in [-0.2, -0.15) is 0 Å². The van der Waals surface area contributed by atoms with Crippen molar-refractivity contribution in [1.82, 2.24) is 0 Å². The van der Waals surface area contributed by atoms with Crippen LogP contribution < -0.4 is 5.32 Å². The average molecular weight is 416 g/mol. The van der Waals surface area contributed by atoms with E-state index in [9.17, 15) is 9.59 Å². The molecule has 0 saturated carbocycles. The van der Waals surface area contributed by atoms with Crippen molar-refractivity contribution in [3.05, 3.63) is 29.3 Å². The molecule has 1 N–H and O–H groups in total. The summed E-state index contributed by atoms with van der Waals surface area (Å²) >= 11 is 0. The first-order valence-electron chi connectivity index (χ1n) is 12.3. The Kier molecular flexibility index (Phi) is 13.4. The maximum Gasteiger partial charge on any atom is 0.231 e. The fourth-order valence-electron chi connectivity index (χ4n) is 3.96. The Balaban J connectivity index is 2.33. The van der Waals surface area contributed by atoms with Crippen molar-refractivity contribution in [1.29, 1.82) is 0 Å². The molecule has 0 aliphatic carbocycles. The van der Waals surface area contributed by atoms with E-state index in [1.165, 1.54) is 51.4 Å². The Labute approximate surface area is 185 Å². The van der Waals surface area contributed by atoms with E-state index in [0.717, 1.165) is 29.7 Å². The number of carbonyl (C=O) groups is 2. The highest BCUT2D eigenvalue weighted by molar-refractivity contribution is 6.05. The molecule has 0 heterocycles. The van der Waals surface area contributed by atoms with Gasteiger partial charge in [0.1, 0.15) is 5.78 Å². The first-order valence-corrected chi connectivity index (χ1v) is 12.3. The smallest absolute Gasteiger partial charge is 0.231 e. The monoisotopic (exact) mass is 415 g/mol. The summed E-state index contributed by atoms with van der Waals surface area (Å²) in [6.45, 7) is 10.8. The standard InChI is InChI=1S/C27H45NO2/c1-6-7-8-9-10-11-12-13-14-15-17-23(29)20-26(30)28-27-24(21(2)3)18-16-19-25(27)22(4)5/h16,18-19,21-22H,6-15,17,20H2,1-5H3,(H,28,30). The van der Waals surface area contributed by atoms with E-state index in [-0.39, 0.29) is 18.1 Å². The van der Waals surface area contributed by atoms with Gasteiger partial charge in [-0.15, -0.1) is 0 Å². The maximum atomic E-state index is 12.5. The second-order valence-electron chi connectivity index (χ2n) is 9.32. The lowest BCUT2D eigenvalue weighted by atomic mass is 9.92. The molecule has 1 amide bonds. The zero-order chi connectivity index (χ0) is 22.4. The summed E-state index contributed by atoms with van der Waals surface area (Å²) in [7, 11) is 0. The normalized spacial score (nSPS) is 11.3. The van der Waals surface area contributed by atoms with Crippen LogP contribution in [0.2, 0.25) is 0 Å². The Morgan fingerprint density at radius 1 is 0.767 bits per heavy atom. The number of para-hydroxylation sites is 1. The molecule has 0 aliphatic rings. The van der Waals surface area contributed by atoms with E-state index < -0.39 is 0 Å². The molecule has 1 aromatic rings.